The maximum Gasteiger partial charge on any atom is 0 e. The van der Waals surface area contributed by atoms with Crippen molar-refractivity contribution < 1.29 is 81.7 Å². The van der Waals surface area contributed by atoms with Crippen molar-refractivity contribution in [3.63, 3.8) is 0 Å². The van der Waals surface area contributed by atoms with E-state index in [1.807, 2.05) is 0 Å². The van der Waals surface area contributed by atoms with Crippen LogP contribution >= 0.6 is 0 Å². The molecule has 0 unspecified atom stereocenters. The summed E-state index contributed by atoms with van der Waals surface area (Å²) < 4.78 is 0. The molecule has 0 heterocycles. The van der Waals surface area contributed by atoms with Gasteiger partial charge in [-0.05, 0) is 0 Å². The van der Waals surface area contributed by atoms with Gasteiger partial charge in [-0.1, -0.05) is 0 Å². The van der Waals surface area contributed by atoms with Gasteiger partial charge >= 0.3 is 0 Å². The Morgan fingerprint density at radius 1 is 1.00 bits per heavy atom. The maximum absolute atomic E-state index is 0. The van der Waals surface area contributed by atoms with Crippen molar-refractivity contribution in [3.05, 3.63) is 0 Å². The zero-order chi connectivity index (χ0) is 0. The first-order valence-electron chi connectivity index (χ1n) is 0. The molecule has 0 aliphatic carbocycles. The molecule has 4 heteroatoms. The minimum Gasteiger partial charge on any atom is 0 e. The summed E-state index contributed by atoms with van der Waals surface area (Å²) in [6, 6.07) is 0. The second kappa shape index (κ2) is 17.5. The minimum atomic E-state index is 0. The summed E-state index contributed by atoms with van der Waals surface area (Å²) in [5.74, 6) is 0. The van der Waals surface area contributed by atoms with Crippen LogP contribution in [0.25, 0.3) is 0 Å². The molecule has 4 heavy (non-hydrogen) atoms. The van der Waals surface area contributed by atoms with Crippen LogP contribution in [0, 0.1) is 0 Å². The Morgan fingerprint density at radius 2 is 1.00 bits per heavy atom. The molecule has 2 radical (unpaired) electrons. The van der Waals surface area contributed by atoms with Crippen molar-refractivity contribution in [2.24, 2.45) is 0 Å². The molecule has 0 aromatic rings. The molecule has 0 N–H and O–H groups in total. The van der Waals surface area contributed by atoms with E-state index in [2.05, 4.69) is 0 Å². The normalized spacial score (nSPS) is 0. The van der Waals surface area contributed by atoms with Crippen LogP contribution in [0.1, 0.15) is 0 Å². The third kappa shape index (κ3) is 8.82. The van der Waals surface area contributed by atoms with Gasteiger partial charge < -0.3 is 0 Å². The Kier molecular flexibility index (Phi) is 133. The van der Waals surface area contributed by atoms with Crippen molar-refractivity contribution in [1.82, 2.24) is 0 Å². The van der Waals surface area contributed by atoms with E-state index in [4.69, 9.17) is 0 Å². The average molecular weight is 204 g/mol. The van der Waals surface area contributed by atoms with Crippen LogP contribution in [0.2, 0.25) is 0 Å². The van der Waals surface area contributed by atoms with E-state index in [0.29, 0.717) is 0 Å². The van der Waals surface area contributed by atoms with Gasteiger partial charge in [0.1, 0.15) is 0 Å². The van der Waals surface area contributed by atoms with E-state index in [1.54, 1.807) is 0 Å². The van der Waals surface area contributed by atoms with E-state index >= 15 is 0 Å². The fourth-order valence-corrected chi connectivity index (χ4v) is 0. The Labute approximate surface area is 80.5 Å². The van der Waals surface area contributed by atoms with Gasteiger partial charge in [-0.15, -0.1) is 0 Å². The van der Waals surface area contributed by atoms with Crippen molar-refractivity contribution in [1.29, 1.82) is 0 Å². The predicted octanol–water partition coefficient (Wildman–Crippen LogP) is -0.0100. The molecular weight excluding hydrogens is 204 g/mol. The van der Waals surface area contributed by atoms with Gasteiger partial charge in [-0.3, -0.25) is 0 Å². The summed E-state index contributed by atoms with van der Waals surface area (Å²) >= 11 is 0. The minimum absolute atomic E-state index is 0. The summed E-state index contributed by atoms with van der Waals surface area (Å²) in [7, 11) is 0. The van der Waals surface area contributed by atoms with Crippen LogP contribution in [0.3, 0.4) is 0 Å². The first-order valence-corrected chi connectivity index (χ1v) is 0. The molecule has 0 aromatic heterocycles. The number of rotatable bonds is 0. The van der Waals surface area contributed by atoms with Crippen molar-refractivity contribution in [2.45, 2.75) is 0 Å². The maximum atomic E-state index is 0. The molecule has 0 saturated carbocycles. The molecule has 0 nitrogen and oxygen atoms in total. The molecule has 22 valence electrons. The van der Waals surface area contributed by atoms with Crippen LogP contribution in [-0.4, -0.2) is 0 Å². The van der Waals surface area contributed by atoms with Gasteiger partial charge in [0, 0.05) is 81.7 Å². The zero-order valence-corrected chi connectivity index (χ0v) is 7.46. The van der Waals surface area contributed by atoms with E-state index in [-0.39, 0.29) is 81.7 Å². The van der Waals surface area contributed by atoms with Gasteiger partial charge in [0.05, 0.1) is 0 Å². The molecule has 0 aliphatic heterocycles. The third-order valence-electron chi connectivity index (χ3n) is 0. The van der Waals surface area contributed by atoms with Crippen molar-refractivity contribution in [3.8, 4) is 0 Å². The van der Waals surface area contributed by atoms with E-state index in [0.717, 1.165) is 0 Å². The van der Waals surface area contributed by atoms with Gasteiger partial charge in [0.15, 0.2) is 0 Å². The molecule has 0 fully saturated rings. The molecule has 0 spiro atoms. The third-order valence-corrected chi connectivity index (χ3v) is 0. The zero-order valence-electron chi connectivity index (χ0n) is 1.81. The molecule has 0 atom stereocenters. The second-order valence-corrected chi connectivity index (χ2v) is 0. The number of hydrogen-bond acceptors (Lipinski definition) is 0. The molecule has 0 saturated heterocycles. The standard InChI is InChI=1S/Fe.Mn.Sc.Ti. The Morgan fingerprint density at radius 3 is 1.00 bits per heavy atom. The van der Waals surface area contributed by atoms with Crippen LogP contribution < -0.4 is 0 Å². The van der Waals surface area contributed by atoms with E-state index in [9.17, 15) is 0 Å². The van der Waals surface area contributed by atoms with Crippen LogP contribution in [-0.2, 0) is 81.7 Å². The van der Waals surface area contributed by atoms with Crippen LogP contribution in [0.4, 0.5) is 0 Å². The molecule has 0 aliphatic rings. The molecule has 0 rings (SSSR count). The van der Waals surface area contributed by atoms with Crippen molar-refractivity contribution in [2.75, 3.05) is 0 Å². The molecule has 0 aromatic carbocycles. The van der Waals surface area contributed by atoms with Gasteiger partial charge in [-0.2, -0.15) is 0 Å². The van der Waals surface area contributed by atoms with Crippen molar-refractivity contribution >= 4 is 0 Å². The number of hydrogen-bond donors (Lipinski definition) is 0. The molecule has 0 bridgehead atoms. The Hall–Kier alpha value is 2.62. The molecule has 0 amide bonds. The SMILES string of the molecule is [Fe].[Mn].[Sc].[Ti]. The van der Waals surface area contributed by atoms with Gasteiger partial charge in [-0.25, -0.2) is 0 Å². The average Bonchev–Trinajstić information content (AvgIpc) is 0. The summed E-state index contributed by atoms with van der Waals surface area (Å²) in [6.45, 7) is 0. The summed E-state index contributed by atoms with van der Waals surface area (Å²) in [5.41, 5.74) is 0. The van der Waals surface area contributed by atoms with Crippen LogP contribution in [0.5, 0.6) is 0 Å². The topological polar surface area (TPSA) is 0 Å². The first-order chi connectivity index (χ1) is 0. The monoisotopic (exact) mass is 204 g/mol. The van der Waals surface area contributed by atoms with Gasteiger partial charge in [0.2, 0.25) is 0 Å². The molecular formula is FeMnScTi. The first kappa shape index (κ1) is 30.4. The summed E-state index contributed by atoms with van der Waals surface area (Å²) in [6.07, 6.45) is 0. The fourth-order valence-electron chi connectivity index (χ4n) is 0. The van der Waals surface area contributed by atoms with E-state index in [1.165, 1.54) is 0 Å². The predicted molar refractivity (Wildman–Crippen MR) is 0 cm³/mol. The van der Waals surface area contributed by atoms with Gasteiger partial charge in [0.25, 0.3) is 0 Å². The second-order valence-electron chi connectivity index (χ2n) is 0. The Bertz CT molecular complexity index is 8.00. The smallest absolute Gasteiger partial charge is 0 e. The van der Waals surface area contributed by atoms with Crippen LogP contribution in [0.15, 0.2) is 0 Å². The van der Waals surface area contributed by atoms with E-state index < -0.39 is 0 Å². The largest absolute Gasteiger partial charge is 0 e. The summed E-state index contributed by atoms with van der Waals surface area (Å²) in [5, 5.41) is 0. The Balaban J connectivity index is 0. The fraction of sp³-hybridized carbons (Fsp3) is 0. The quantitative estimate of drug-likeness (QED) is 0.486. The summed E-state index contributed by atoms with van der Waals surface area (Å²) in [4.78, 5) is 0.